The van der Waals surface area contributed by atoms with E-state index in [9.17, 15) is 4.79 Å². The number of nitrogens with one attached hydrogen (secondary N) is 1. The second-order valence-corrected chi connectivity index (χ2v) is 6.15. The zero-order valence-electron chi connectivity index (χ0n) is 12.4. The number of hydrogen-bond acceptors (Lipinski definition) is 3. The Bertz CT molecular complexity index is 433. The van der Waals surface area contributed by atoms with Crippen LogP contribution in [0.4, 0.5) is 0 Å². The Labute approximate surface area is 126 Å². The van der Waals surface area contributed by atoms with Crippen LogP contribution < -0.4 is 5.32 Å². The number of aryl methyl sites for hydroxylation is 1. The Hall–Kier alpha value is -1.00. The standard InChI is InChI=1S/C16H24N2OS/c1-3-13-6-8-14(9-7-13)16-17-12-15(19)18(16)10-4-5-11-20-2/h6-9,16-17H,3-5,10-12H2,1-2H3. The van der Waals surface area contributed by atoms with Crippen molar-refractivity contribution in [2.24, 2.45) is 0 Å². The quantitative estimate of drug-likeness (QED) is 0.784. The summed E-state index contributed by atoms with van der Waals surface area (Å²) in [6.45, 7) is 3.47. The van der Waals surface area contributed by atoms with Crippen LogP contribution in [0.5, 0.6) is 0 Å². The van der Waals surface area contributed by atoms with E-state index in [1.807, 2.05) is 16.7 Å². The molecule has 1 aromatic carbocycles. The monoisotopic (exact) mass is 292 g/mol. The van der Waals surface area contributed by atoms with Crippen molar-refractivity contribution in [3.8, 4) is 0 Å². The molecule has 1 amide bonds. The molecule has 0 spiro atoms. The van der Waals surface area contributed by atoms with Gasteiger partial charge in [0.05, 0.1) is 6.54 Å². The first-order chi connectivity index (χ1) is 9.76. The molecular weight excluding hydrogens is 268 g/mol. The van der Waals surface area contributed by atoms with Crippen LogP contribution in [0.3, 0.4) is 0 Å². The SMILES string of the molecule is CCc1ccc(C2NCC(=O)N2CCCCSC)cc1. The lowest BCUT2D eigenvalue weighted by molar-refractivity contribution is -0.128. The highest BCUT2D eigenvalue weighted by Gasteiger charge is 2.30. The molecule has 4 heteroatoms. The van der Waals surface area contributed by atoms with E-state index in [1.54, 1.807) is 0 Å². The Balaban J connectivity index is 1.99. The highest BCUT2D eigenvalue weighted by molar-refractivity contribution is 7.98. The summed E-state index contributed by atoms with van der Waals surface area (Å²) in [6.07, 6.45) is 5.49. The Kier molecular flexibility index (Phi) is 5.92. The maximum Gasteiger partial charge on any atom is 0.238 e. The van der Waals surface area contributed by atoms with Gasteiger partial charge in [0.15, 0.2) is 0 Å². The second kappa shape index (κ2) is 7.70. The number of hydrogen-bond donors (Lipinski definition) is 1. The molecule has 0 aliphatic carbocycles. The molecule has 2 rings (SSSR count). The van der Waals surface area contributed by atoms with Crippen molar-refractivity contribution in [1.29, 1.82) is 0 Å². The number of carbonyl (C=O) groups excluding carboxylic acids is 1. The summed E-state index contributed by atoms with van der Waals surface area (Å²) in [5.74, 6) is 1.39. The van der Waals surface area contributed by atoms with Crippen LogP contribution in [0.25, 0.3) is 0 Å². The zero-order chi connectivity index (χ0) is 14.4. The summed E-state index contributed by atoms with van der Waals surface area (Å²) in [5.41, 5.74) is 2.53. The number of rotatable bonds is 7. The molecule has 1 aliphatic heterocycles. The molecule has 3 nitrogen and oxygen atoms in total. The van der Waals surface area contributed by atoms with Crippen molar-refractivity contribution < 1.29 is 4.79 Å². The van der Waals surface area contributed by atoms with Gasteiger partial charge in [0.2, 0.25) is 5.91 Å². The molecule has 0 aromatic heterocycles. The smallest absolute Gasteiger partial charge is 0.238 e. The molecule has 1 atom stereocenters. The molecule has 1 fully saturated rings. The molecule has 1 aliphatic rings. The third-order valence-corrected chi connectivity index (χ3v) is 4.48. The molecule has 1 saturated heterocycles. The minimum absolute atomic E-state index is 0.0580. The van der Waals surface area contributed by atoms with Crippen LogP contribution in [-0.4, -0.2) is 35.9 Å². The first kappa shape index (κ1) is 15.4. The normalized spacial score (nSPS) is 18.8. The van der Waals surface area contributed by atoms with E-state index < -0.39 is 0 Å². The van der Waals surface area contributed by atoms with Crippen molar-refractivity contribution in [3.05, 3.63) is 35.4 Å². The van der Waals surface area contributed by atoms with Crippen molar-refractivity contribution in [3.63, 3.8) is 0 Å². The molecule has 1 aromatic rings. The molecule has 0 saturated carbocycles. The fourth-order valence-electron chi connectivity index (χ4n) is 2.56. The summed E-state index contributed by atoms with van der Waals surface area (Å²) in [6, 6.07) is 8.60. The van der Waals surface area contributed by atoms with E-state index >= 15 is 0 Å². The summed E-state index contributed by atoms with van der Waals surface area (Å²) < 4.78 is 0. The first-order valence-corrected chi connectivity index (χ1v) is 8.76. The van der Waals surface area contributed by atoms with Gasteiger partial charge in [-0.1, -0.05) is 31.2 Å². The van der Waals surface area contributed by atoms with E-state index in [-0.39, 0.29) is 12.1 Å². The van der Waals surface area contributed by atoms with E-state index in [0.717, 1.165) is 19.4 Å². The highest BCUT2D eigenvalue weighted by atomic mass is 32.2. The van der Waals surface area contributed by atoms with Crippen LogP contribution in [0, 0.1) is 0 Å². The van der Waals surface area contributed by atoms with Crippen molar-refractivity contribution >= 4 is 17.7 Å². The average molecular weight is 292 g/mol. The zero-order valence-corrected chi connectivity index (χ0v) is 13.2. The van der Waals surface area contributed by atoms with Crippen molar-refractivity contribution in [2.45, 2.75) is 32.4 Å². The molecule has 1 unspecified atom stereocenters. The number of nitrogens with zero attached hydrogens (tertiary/aromatic N) is 1. The lowest BCUT2D eigenvalue weighted by atomic mass is 10.1. The van der Waals surface area contributed by atoms with Gasteiger partial charge in [-0.2, -0.15) is 11.8 Å². The number of amides is 1. The fraction of sp³-hybridized carbons (Fsp3) is 0.562. The third kappa shape index (κ3) is 3.76. The van der Waals surface area contributed by atoms with Crippen LogP contribution in [0.2, 0.25) is 0 Å². The molecule has 0 radical (unpaired) electrons. The van der Waals surface area contributed by atoms with Gasteiger partial charge in [0.1, 0.15) is 6.17 Å². The van der Waals surface area contributed by atoms with Gasteiger partial charge < -0.3 is 4.90 Å². The average Bonchev–Trinajstić information content (AvgIpc) is 2.85. The molecule has 20 heavy (non-hydrogen) atoms. The first-order valence-electron chi connectivity index (χ1n) is 7.37. The second-order valence-electron chi connectivity index (χ2n) is 5.17. The molecule has 1 heterocycles. The van der Waals surface area contributed by atoms with Gasteiger partial charge in [-0.05, 0) is 42.4 Å². The van der Waals surface area contributed by atoms with Gasteiger partial charge >= 0.3 is 0 Å². The Morgan fingerprint density at radius 3 is 2.70 bits per heavy atom. The van der Waals surface area contributed by atoms with Crippen LogP contribution in [-0.2, 0) is 11.2 Å². The lowest BCUT2D eigenvalue weighted by Gasteiger charge is -2.24. The molecular formula is C16H24N2OS. The largest absolute Gasteiger partial charge is 0.322 e. The minimum Gasteiger partial charge on any atom is -0.322 e. The summed E-state index contributed by atoms with van der Waals surface area (Å²) in [5, 5.41) is 3.32. The van der Waals surface area contributed by atoms with Gasteiger partial charge in [0.25, 0.3) is 0 Å². The van der Waals surface area contributed by atoms with Gasteiger partial charge in [-0.25, -0.2) is 0 Å². The Morgan fingerprint density at radius 1 is 1.30 bits per heavy atom. The topological polar surface area (TPSA) is 32.3 Å². The van der Waals surface area contributed by atoms with Crippen LogP contribution in [0.1, 0.15) is 37.1 Å². The summed E-state index contributed by atoms with van der Waals surface area (Å²) in [7, 11) is 0. The highest BCUT2D eigenvalue weighted by Crippen LogP contribution is 2.23. The van der Waals surface area contributed by atoms with E-state index in [4.69, 9.17) is 0 Å². The van der Waals surface area contributed by atoms with Crippen molar-refractivity contribution in [1.82, 2.24) is 10.2 Å². The number of unbranched alkanes of at least 4 members (excludes halogenated alkanes) is 1. The van der Waals surface area contributed by atoms with Gasteiger partial charge in [-0.3, -0.25) is 10.1 Å². The van der Waals surface area contributed by atoms with E-state index in [1.165, 1.54) is 23.3 Å². The predicted molar refractivity (Wildman–Crippen MR) is 85.9 cm³/mol. The fourth-order valence-corrected chi connectivity index (χ4v) is 3.05. The number of carbonyl (C=O) groups is 1. The van der Waals surface area contributed by atoms with Crippen LogP contribution >= 0.6 is 11.8 Å². The number of benzene rings is 1. The predicted octanol–water partition coefficient (Wildman–Crippen LogP) is 2.82. The minimum atomic E-state index is 0.0580. The van der Waals surface area contributed by atoms with Gasteiger partial charge in [-0.15, -0.1) is 0 Å². The van der Waals surface area contributed by atoms with E-state index in [2.05, 4.69) is 42.8 Å². The maximum atomic E-state index is 12.0. The molecule has 1 N–H and O–H groups in total. The maximum absolute atomic E-state index is 12.0. The number of thioether (sulfide) groups is 1. The van der Waals surface area contributed by atoms with E-state index in [0.29, 0.717) is 6.54 Å². The lowest BCUT2D eigenvalue weighted by Crippen LogP contribution is -2.31. The van der Waals surface area contributed by atoms with Crippen molar-refractivity contribution in [2.75, 3.05) is 25.1 Å². The molecule has 110 valence electrons. The summed E-state index contributed by atoms with van der Waals surface area (Å²) in [4.78, 5) is 14.0. The van der Waals surface area contributed by atoms with Crippen LogP contribution in [0.15, 0.2) is 24.3 Å². The van der Waals surface area contributed by atoms with Gasteiger partial charge in [0, 0.05) is 6.54 Å². The molecule has 0 bridgehead atoms. The Morgan fingerprint density at radius 2 is 2.05 bits per heavy atom. The third-order valence-electron chi connectivity index (χ3n) is 3.78. The summed E-state index contributed by atoms with van der Waals surface area (Å²) >= 11 is 1.87.